The number of carboxylic acid groups (broad SMARTS) is 1. The summed E-state index contributed by atoms with van der Waals surface area (Å²) in [7, 11) is 0. The van der Waals surface area contributed by atoms with Crippen molar-refractivity contribution in [2.45, 2.75) is 19.4 Å². The predicted molar refractivity (Wildman–Crippen MR) is 71.9 cm³/mol. The summed E-state index contributed by atoms with van der Waals surface area (Å²) in [5, 5.41) is 20.6. The number of aliphatic hydroxyl groups excluding tert-OH is 1. The van der Waals surface area contributed by atoms with Crippen LogP contribution in [0, 0.1) is 0 Å². The Bertz CT molecular complexity index is 540. The van der Waals surface area contributed by atoms with Gasteiger partial charge in [-0.05, 0) is 13.0 Å². The maximum atomic E-state index is 11.8. The van der Waals surface area contributed by atoms with Crippen molar-refractivity contribution in [2.75, 3.05) is 0 Å². The van der Waals surface area contributed by atoms with Crippen molar-refractivity contribution in [3.05, 3.63) is 47.8 Å². The van der Waals surface area contributed by atoms with Crippen molar-refractivity contribution < 1.29 is 24.6 Å². The highest BCUT2D eigenvalue weighted by molar-refractivity contribution is 6.27. The Balaban J connectivity index is 2.87. The van der Waals surface area contributed by atoms with Gasteiger partial charge in [0, 0.05) is 0 Å². The van der Waals surface area contributed by atoms with Crippen LogP contribution < -0.4 is 5.32 Å². The Morgan fingerprint density at radius 3 is 2.45 bits per heavy atom. The lowest BCUT2D eigenvalue weighted by Crippen LogP contribution is -2.31. The number of aliphatic carboxylic acids is 1. The molecule has 0 unspecified atom stereocenters. The van der Waals surface area contributed by atoms with Crippen LogP contribution in [0.3, 0.4) is 0 Å². The molecule has 1 amide bonds. The average Bonchev–Trinajstić information content (AvgIpc) is 2.63. The van der Waals surface area contributed by atoms with Gasteiger partial charge in [-0.1, -0.05) is 30.4 Å². The number of rotatable bonds is 5. The van der Waals surface area contributed by atoms with E-state index in [-0.39, 0.29) is 0 Å². The Kier molecular flexibility index (Phi) is 5.46. The van der Waals surface area contributed by atoms with Gasteiger partial charge in [0.05, 0.1) is 6.42 Å². The molecular formula is C14H15NO5. The van der Waals surface area contributed by atoms with Crippen LogP contribution in [0.1, 0.15) is 13.3 Å². The molecule has 1 atom stereocenters. The lowest BCUT2D eigenvalue weighted by molar-refractivity contribution is -0.138. The minimum Gasteiger partial charge on any atom is -0.507 e. The van der Waals surface area contributed by atoms with E-state index in [1.165, 1.54) is 12.2 Å². The van der Waals surface area contributed by atoms with Crippen molar-refractivity contribution in [2.24, 2.45) is 0 Å². The molecule has 1 aliphatic heterocycles. The van der Waals surface area contributed by atoms with Crippen LogP contribution in [0.15, 0.2) is 47.8 Å². The number of Topliss-reactive ketones (excluding diaryl/α,β-unsaturated/α-hetero) is 1. The van der Waals surface area contributed by atoms with Crippen LogP contribution in [-0.2, 0) is 14.4 Å². The molecule has 106 valence electrons. The fourth-order valence-corrected chi connectivity index (χ4v) is 1.61. The molecule has 1 aliphatic rings. The minimum absolute atomic E-state index is 0.410. The molecule has 0 bridgehead atoms. The van der Waals surface area contributed by atoms with Gasteiger partial charge in [0.25, 0.3) is 5.91 Å². The Morgan fingerprint density at radius 1 is 1.20 bits per heavy atom. The fraction of sp³-hybridized carbons (Fsp3) is 0.214. The molecule has 0 aromatic heterocycles. The first-order valence-corrected chi connectivity index (χ1v) is 5.93. The number of ketones is 1. The third kappa shape index (κ3) is 3.94. The molecule has 0 aliphatic carbocycles. The van der Waals surface area contributed by atoms with Crippen molar-refractivity contribution in [3.8, 4) is 0 Å². The maximum absolute atomic E-state index is 11.8. The molecule has 6 nitrogen and oxygen atoms in total. The highest BCUT2D eigenvalue weighted by atomic mass is 16.4. The first-order valence-electron chi connectivity index (χ1n) is 5.93. The molecule has 20 heavy (non-hydrogen) atoms. The second-order valence-electron chi connectivity index (χ2n) is 4.02. The van der Waals surface area contributed by atoms with E-state index in [1.54, 1.807) is 18.2 Å². The first kappa shape index (κ1) is 15.4. The largest absolute Gasteiger partial charge is 0.507 e. The normalized spacial score (nSPS) is 22.1. The number of carbonyl (C=O) groups is 3. The van der Waals surface area contributed by atoms with Gasteiger partial charge in [0.2, 0.25) is 0 Å². The molecular weight excluding hydrogens is 262 g/mol. The minimum atomic E-state index is -1.20. The molecule has 1 saturated heterocycles. The molecule has 0 spiro atoms. The molecule has 0 radical (unpaired) electrons. The summed E-state index contributed by atoms with van der Waals surface area (Å²) in [5.41, 5.74) is -0.410. The van der Waals surface area contributed by atoms with Gasteiger partial charge in [0.15, 0.2) is 5.78 Å². The van der Waals surface area contributed by atoms with E-state index in [0.29, 0.717) is 0 Å². The van der Waals surface area contributed by atoms with E-state index >= 15 is 0 Å². The molecule has 0 aromatic carbocycles. The van der Waals surface area contributed by atoms with Gasteiger partial charge >= 0.3 is 5.97 Å². The number of hydrogen-bond donors (Lipinski definition) is 3. The zero-order valence-electron chi connectivity index (χ0n) is 10.9. The van der Waals surface area contributed by atoms with Gasteiger partial charge in [-0.25, -0.2) is 0 Å². The lowest BCUT2D eigenvalue weighted by atomic mass is 10.1. The zero-order chi connectivity index (χ0) is 15.1. The van der Waals surface area contributed by atoms with Gasteiger partial charge in [-0.3, -0.25) is 14.4 Å². The van der Waals surface area contributed by atoms with E-state index < -0.39 is 41.5 Å². The topological polar surface area (TPSA) is 104 Å². The summed E-state index contributed by atoms with van der Waals surface area (Å²) in [5.74, 6) is -3.16. The van der Waals surface area contributed by atoms with Crippen molar-refractivity contribution in [1.29, 1.82) is 0 Å². The Morgan fingerprint density at radius 2 is 1.85 bits per heavy atom. The molecule has 6 heteroatoms. The number of carbonyl (C=O) groups excluding carboxylic acids is 2. The molecule has 0 saturated carbocycles. The average molecular weight is 277 g/mol. The summed E-state index contributed by atoms with van der Waals surface area (Å²) in [6, 6.07) is -1.12. The van der Waals surface area contributed by atoms with Gasteiger partial charge in [0.1, 0.15) is 17.4 Å². The standard InChI is InChI=1S/C14H15NO5/c1-2-3-4-5-6-7-10(16)12-13(19)9(8-11(17)18)15-14(12)20/h2-7,9,16H,8H2,1H3,(H,15,20)(H,17,18)/b3-2+,5-4+,7-6+,12-10?/t9-/m0/s1. The number of hydrogen-bond acceptors (Lipinski definition) is 4. The third-order valence-electron chi connectivity index (χ3n) is 2.51. The second kappa shape index (κ2) is 7.08. The van der Waals surface area contributed by atoms with Gasteiger partial charge < -0.3 is 15.5 Å². The summed E-state index contributed by atoms with van der Waals surface area (Å²) in [6.45, 7) is 1.84. The van der Waals surface area contributed by atoms with E-state index in [9.17, 15) is 19.5 Å². The molecule has 0 aromatic rings. The summed E-state index contributed by atoms with van der Waals surface area (Å²) in [6.07, 6.45) is 9.06. The van der Waals surface area contributed by atoms with Crippen LogP contribution in [0.5, 0.6) is 0 Å². The van der Waals surface area contributed by atoms with Crippen molar-refractivity contribution >= 4 is 17.7 Å². The number of nitrogens with one attached hydrogen (secondary N) is 1. The van der Waals surface area contributed by atoms with Crippen molar-refractivity contribution in [3.63, 3.8) is 0 Å². The Hall–Kier alpha value is -2.63. The first-order chi connectivity index (χ1) is 9.47. The van der Waals surface area contributed by atoms with Gasteiger partial charge in [-0.15, -0.1) is 0 Å². The summed E-state index contributed by atoms with van der Waals surface area (Å²) < 4.78 is 0. The summed E-state index contributed by atoms with van der Waals surface area (Å²) in [4.78, 5) is 33.9. The number of aliphatic hydroxyl groups is 1. The third-order valence-corrected chi connectivity index (χ3v) is 2.51. The molecule has 3 N–H and O–H groups in total. The van der Waals surface area contributed by atoms with Crippen LogP contribution in [0.2, 0.25) is 0 Å². The number of allylic oxidation sites excluding steroid dienone is 6. The molecule has 1 heterocycles. The molecule has 1 fully saturated rings. The molecule has 1 rings (SSSR count). The SMILES string of the molecule is C/C=C/C=C/C=C/C(O)=C1C(=O)N[C@@H](CC(=O)O)C1=O. The maximum Gasteiger partial charge on any atom is 0.305 e. The summed E-state index contributed by atoms with van der Waals surface area (Å²) >= 11 is 0. The van der Waals surface area contributed by atoms with E-state index in [2.05, 4.69) is 5.32 Å². The highest BCUT2D eigenvalue weighted by Crippen LogP contribution is 2.16. The van der Waals surface area contributed by atoms with Crippen LogP contribution >= 0.6 is 0 Å². The Labute approximate surface area is 115 Å². The quantitative estimate of drug-likeness (QED) is 0.301. The highest BCUT2D eigenvalue weighted by Gasteiger charge is 2.38. The van der Waals surface area contributed by atoms with E-state index in [0.717, 1.165) is 0 Å². The smallest absolute Gasteiger partial charge is 0.305 e. The predicted octanol–water partition coefficient (Wildman–Crippen LogP) is 1.03. The van der Waals surface area contributed by atoms with Crippen molar-refractivity contribution in [1.82, 2.24) is 5.32 Å². The van der Waals surface area contributed by atoms with Crippen LogP contribution in [0.25, 0.3) is 0 Å². The van der Waals surface area contributed by atoms with Gasteiger partial charge in [-0.2, -0.15) is 0 Å². The second-order valence-corrected chi connectivity index (χ2v) is 4.02. The number of amides is 1. The van der Waals surface area contributed by atoms with Crippen LogP contribution in [-0.4, -0.2) is 33.9 Å². The lowest BCUT2D eigenvalue weighted by Gasteiger charge is -2.02. The monoisotopic (exact) mass is 277 g/mol. The van der Waals surface area contributed by atoms with Crippen LogP contribution in [0.4, 0.5) is 0 Å². The fourth-order valence-electron chi connectivity index (χ4n) is 1.61. The van der Waals surface area contributed by atoms with E-state index in [4.69, 9.17) is 5.11 Å². The number of carboxylic acids is 1. The van der Waals surface area contributed by atoms with E-state index in [1.807, 2.05) is 13.0 Å². The zero-order valence-corrected chi connectivity index (χ0v) is 10.9.